The van der Waals surface area contributed by atoms with Crippen LogP contribution in [0.1, 0.15) is 18.0 Å². The van der Waals surface area contributed by atoms with Crippen molar-refractivity contribution >= 4 is 22.4 Å². The van der Waals surface area contributed by atoms with E-state index in [1.807, 2.05) is 30.3 Å². The fourth-order valence-electron chi connectivity index (χ4n) is 1.35. The molecule has 0 aliphatic carbocycles. The van der Waals surface area contributed by atoms with Gasteiger partial charge in [-0.2, -0.15) is 0 Å². The second-order valence-corrected chi connectivity index (χ2v) is 5.65. The van der Waals surface area contributed by atoms with E-state index < -0.39 is 22.7 Å². The quantitative estimate of drug-likeness (QED) is 0.798. The average molecular weight is 297 g/mol. The Balaban J connectivity index is 0.00000289. The summed E-state index contributed by atoms with van der Waals surface area (Å²) in [5, 5.41) is 0. The van der Waals surface area contributed by atoms with Crippen molar-refractivity contribution in [2.24, 2.45) is 5.73 Å². The van der Waals surface area contributed by atoms with Crippen molar-refractivity contribution in [3.8, 4) is 0 Å². The number of rotatable bonds is 7. The second-order valence-electron chi connectivity index (χ2n) is 3.73. The van der Waals surface area contributed by atoms with E-state index in [2.05, 4.69) is 4.72 Å². The van der Waals surface area contributed by atoms with Crippen molar-refractivity contribution in [1.29, 1.82) is 0 Å². The number of hydrogen-bond acceptors (Lipinski definition) is 3. The number of hydrogen-bond donors (Lipinski definition) is 2. The van der Waals surface area contributed by atoms with E-state index in [4.69, 9.17) is 5.73 Å². The van der Waals surface area contributed by atoms with Gasteiger partial charge in [0.25, 0.3) is 0 Å². The maximum Gasteiger partial charge on any atom is 0.211 e. The summed E-state index contributed by atoms with van der Waals surface area (Å²) in [7, 11) is -3.42. The molecule has 1 aromatic carbocycles. The standard InChI is InChI=1S/C11H17FN2O2S.ClH/c12-7-4-8-17(15,16)14-9-11(13)10-5-2-1-3-6-10;/h1-3,5-6,11,14H,4,7-9,13H2;1H. The van der Waals surface area contributed by atoms with Gasteiger partial charge in [0.15, 0.2) is 0 Å². The maximum absolute atomic E-state index is 11.9. The predicted molar refractivity (Wildman–Crippen MR) is 73.0 cm³/mol. The van der Waals surface area contributed by atoms with Gasteiger partial charge < -0.3 is 5.73 Å². The predicted octanol–water partition coefficient (Wildman–Crippen LogP) is 1.39. The summed E-state index contributed by atoms with van der Waals surface area (Å²) in [4.78, 5) is 0. The van der Waals surface area contributed by atoms with Gasteiger partial charge >= 0.3 is 0 Å². The molecule has 3 N–H and O–H groups in total. The summed E-state index contributed by atoms with van der Waals surface area (Å²) < 4.78 is 37.0. The summed E-state index contributed by atoms with van der Waals surface area (Å²) in [6.07, 6.45) is 0.00983. The van der Waals surface area contributed by atoms with Crippen LogP contribution in [0.25, 0.3) is 0 Å². The van der Waals surface area contributed by atoms with Gasteiger partial charge in [-0.15, -0.1) is 12.4 Å². The van der Waals surface area contributed by atoms with Crippen LogP contribution in [0.4, 0.5) is 4.39 Å². The highest BCUT2D eigenvalue weighted by atomic mass is 35.5. The molecular weight excluding hydrogens is 279 g/mol. The van der Waals surface area contributed by atoms with E-state index in [0.29, 0.717) is 0 Å². The lowest BCUT2D eigenvalue weighted by Gasteiger charge is -2.13. The van der Waals surface area contributed by atoms with Crippen LogP contribution in [0, 0.1) is 0 Å². The molecule has 1 unspecified atom stereocenters. The highest BCUT2D eigenvalue weighted by Crippen LogP contribution is 2.08. The Hall–Kier alpha value is -0.690. The third kappa shape index (κ3) is 6.30. The Bertz CT molecular complexity index is 428. The molecule has 4 nitrogen and oxygen atoms in total. The molecule has 0 radical (unpaired) electrons. The minimum absolute atomic E-state index is 0. The van der Waals surface area contributed by atoms with Crippen molar-refractivity contribution < 1.29 is 12.8 Å². The summed E-state index contributed by atoms with van der Waals surface area (Å²) in [6.45, 7) is -0.510. The first-order valence-electron chi connectivity index (χ1n) is 5.39. The zero-order chi connectivity index (χ0) is 12.7. The molecule has 0 fully saturated rings. The third-order valence-corrected chi connectivity index (χ3v) is 3.73. The van der Waals surface area contributed by atoms with E-state index in [0.717, 1.165) is 5.56 Å². The number of nitrogens with two attached hydrogens (primary N) is 1. The Morgan fingerprint density at radius 1 is 1.28 bits per heavy atom. The van der Waals surface area contributed by atoms with E-state index >= 15 is 0 Å². The minimum atomic E-state index is -3.42. The van der Waals surface area contributed by atoms with Crippen LogP contribution in [-0.2, 0) is 10.0 Å². The molecule has 0 amide bonds. The van der Waals surface area contributed by atoms with Crippen LogP contribution < -0.4 is 10.5 Å². The number of sulfonamides is 1. The lowest BCUT2D eigenvalue weighted by Crippen LogP contribution is -2.33. The molecule has 0 heterocycles. The molecule has 1 atom stereocenters. The molecule has 1 rings (SSSR count). The normalized spacial score (nSPS) is 12.8. The fourth-order valence-corrected chi connectivity index (χ4v) is 2.42. The molecule has 0 aliphatic rings. The van der Waals surface area contributed by atoms with Crippen molar-refractivity contribution in [3.63, 3.8) is 0 Å². The van der Waals surface area contributed by atoms with Gasteiger partial charge in [0.05, 0.1) is 12.4 Å². The Labute approximate surface area is 113 Å². The molecule has 104 valence electrons. The van der Waals surface area contributed by atoms with Crippen molar-refractivity contribution in [1.82, 2.24) is 4.72 Å². The molecule has 0 saturated heterocycles. The second kappa shape index (κ2) is 8.42. The zero-order valence-corrected chi connectivity index (χ0v) is 11.5. The molecule has 0 bridgehead atoms. The van der Waals surface area contributed by atoms with E-state index in [1.54, 1.807) is 0 Å². The Kier molecular flexibility index (Phi) is 8.10. The number of alkyl halides is 1. The molecule has 0 spiro atoms. The van der Waals surface area contributed by atoms with Crippen LogP contribution in [-0.4, -0.2) is 27.4 Å². The average Bonchev–Trinajstić information content (AvgIpc) is 2.35. The highest BCUT2D eigenvalue weighted by Gasteiger charge is 2.12. The first-order chi connectivity index (χ1) is 8.05. The van der Waals surface area contributed by atoms with Crippen LogP contribution in [0.3, 0.4) is 0 Å². The molecule has 1 aromatic rings. The van der Waals surface area contributed by atoms with Crippen LogP contribution in [0.5, 0.6) is 0 Å². The van der Waals surface area contributed by atoms with Gasteiger partial charge in [0.2, 0.25) is 10.0 Å². The zero-order valence-electron chi connectivity index (χ0n) is 9.88. The molecule has 0 saturated carbocycles. The minimum Gasteiger partial charge on any atom is -0.323 e. The SMILES string of the molecule is Cl.NC(CNS(=O)(=O)CCCF)c1ccccc1. The smallest absolute Gasteiger partial charge is 0.211 e. The van der Waals surface area contributed by atoms with Crippen molar-refractivity contribution in [3.05, 3.63) is 35.9 Å². The Morgan fingerprint density at radius 3 is 2.44 bits per heavy atom. The van der Waals surface area contributed by atoms with Gasteiger partial charge in [-0.25, -0.2) is 13.1 Å². The molecule has 0 aromatic heterocycles. The van der Waals surface area contributed by atoms with Gasteiger partial charge in [-0.1, -0.05) is 30.3 Å². The van der Waals surface area contributed by atoms with Gasteiger partial charge in [0, 0.05) is 12.6 Å². The fraction of sp³-hybridized carbons (Fsp3) is 0.455. The summed E-state index contributed by atoms with van der Waals surface area (Å²) in [5.74, 6) is -0.203. The van der Waals surface area contributed by atoms with E-state index in [1.165, 1.54) is 0 Å². The first kappa shape index (κ1) is 17.3. The molecule has 18 heavy (non-hydrogen) atoms. The topological polar surface area (TPSA) is 72.2 Å². The summed E-state index contributed by atoms with van der Waals surface area (Å²) in [6, 6.07) is 8.82. The van der Waals surface area contributed by atoms with Crippen molar-refractivity contribution in [2.45, 2.75) is 12.5 Å². The highest BCUT2D eigenvalue weighted by molar-refractivity contribution is 7.89. The van der Waals surface area contributed by atoms with E-state index in [9.17, 15) is 12.8 Å². The van der Waals surface area contributed by atoms with Crippen LogP contribution in [0.2, 0.25) is 0 Å². The maximum atomic E-state index is 11.9. The number of nitrogens with one attached hydrogen (secondary N) is 1. The molecular formula is C11H18ClFN2O2S. The first-order valence-corrected chi connectivity index (χ1v) is 7.04. The molecule has 0 aliphatic heterocycles. The number of benzene rings is 1. The monoisotopic (exact) mass is 296 g/mol. The van der Waals surface area contributed by atoms with Gasteiger partial charge in [-0.05, 0) is 12.0 Å². The van der Waals surface area contributed by atoms with Gasteiger partial charge in [-0.3, -0.25) is 4.39 Å². The lowest BCUT2D eigenvalue weighted by molar-refractivity contribution is 0.482. The van der Waals surface area contributed by atoms with Crippen molar-refractivity contribution in [2.75, 3.05) is 19.0 Å². The van der Waals surface area contributed by atoms with Gasteiger partial charge in [0.1, 0.15) is 0 Å². The van der Waals surface area contributed by atoms with Crippen LogP contribution in [0.15, 0.2) is 30.3 Å². The Morgan fingerprint density at radius 2 is 1.89 bits per heavy atom. The lowest BCUT2D eigenvalue weighted by atomic mass is 10.1. The third-order valence-electron chi connectivity index (χ3n) is 2.30. The summed E-state index contributed by atoms with van der Waals surface area (Å²) in [5.41, 5.74) is 6.69. The largest absolute Gasteiger partial charge is 0.323 e. The number of halogens is 2. The van der Waals surface area contributed by atoms with E-state index in [-0.39, 0.29) is 31.1 Å². The van der Waals surface area contributed by atoms with Crippen LogP contribution >= 0.6 is 12.4 Å². The summed E-state index contributed by atoms with van der Waals surface area (Å²) >= 11 is 0. The molecule has 7 heteroatoms.